The molecule has 5 heteroatoms. The van der Waals surface area contributed by atoms with Gasteiger partial charge in [0.1, 0.15) is 5.82 Å². The first-order valence-corrected chi connectivity index (χ1v) is 12.4. The summed E-state index contributed by atoms with van der Waals surface area (Å²) in [6, 6.07) is 26.7. The van der Waals surface area contributed by atoms with Crippen molar-refractivity contribution < 1.29 is 9.53 Å². The molecule has 2 heterocycles. The Morgan fingerprint density at radius 1 is 0.943 bits per heavy atom. The van der Waals surface area contributed by atoms with Crippen LogP contribution in [0.25, 0.3) is 10.9 Å². The van der Waals surface area contributed by atoms with E-state index in [-0.39, 0.29) is 11.8 Å². The summed E-state index contributed by atoms with van der Waals surface area (Å²) in [5, 5.41) is 4.48. The van der Waals surface area contributed by atoms with Crippen molar-refractivity contribution in [1.29, 1.82) is 0 Å². The van der Waals surface area contributed by atoms with Gasteiger partial charge in [0.15, 0.2) is 5.78 Å². The normalized spacial score (nSPS) is 17.9. The first kappa shape index (κ1) is 22.0. The molecule has 3 aromatic carbocycles. The molecule has 0 bridgehead atoms. The Morgan fingerprint density at radius 2 is 1.77 bits per heavy atom. The van der Waals surface area contributed by atoms with Crippen molar-refractivity contribution in [2.24, 2.45) is 0 Å². The van der Waals surface area contributed by atoms with E-state index in [9.17, 15) is 4.79 Å². The maximum Gasteiger partial charge on any atom is 0.193 e. The van der Waals surface area contributed by atoms with Crippen LogP contribution in [0.4, 0.5) is 5.82 Å². The summed E-state index contributed by atoms with van der Waals surface area (Å²) < 4.78 is 5.43. The minimum Gasteiger partial charge on any atom is -0.379 e. The summed E-state index contributed by atoms with van der Waals surface area (Å²) in [6.45, 7) is 4.37. The Kier molecular flexibility index (Phi) is 6.03. The van der Waals surface area contributed by atoms with Crippen LogP contribution >= 0.6 is 0 Å². The molecule has 0 amide bonds. The monoisotopic (exact) mass is 463 g/mol. The number of carbonyl (C=O) groups is 1. The zero-order valence-corrected chi connectivity index (χ0v) is 19.7. The van der Waals surface area contributed by atoms with E-state index in [1.807, 2.05) is 42.5 Å². The van der Waals surface area contributed by atoms with Gasteiger partial charge in [-0.25, -0.2) is 4.98 Å². The zero-order chi connectivity index (χ0) is 23.6. The number of rotatable bonds is 6. The van der Waals surface area contributed by atoms with Gasteiger partial charge in [-0.15, -0.1) is 0 Å². The second-order valence-corrected chi connectivity index (χ2v) is 9.42. The summed E-state index contributed by atoms with van der Waals surface area (Å²) in [5.74, 6) is 0.872. The maximum absolute atomic E-state index is 13.4. The Balaban J connectivity index is 1.20. The van der Waals surface area contributed by atoms with Crippen molar-refractivity contribution in [2.45, 2.75) is 25.4 Å². The zero-order valence-electron chi connectivity index (χ0n) is 19.7. The summed E-state index contributed by atoms with van der Waals surface area (Å²) in [7, 11) is 0. The number of pyridine rings is 1. The predicted molar refractivity (Wildman–Crippen MR) is 139 cm³/mol. The number of hydrogen-bond donors (Lipinski definition) is 1. The standard InChI is InChI=1S/C30H29N3O2/c34-30(23-10-8-21(9-11-23)20-33-16-18-35-19-17-33)26-6-3-7-27-25(26)13-15-29(31-27)32-28-14-12-22-4-1-2-5-24(22)28/h1-11,13,15,28H,12,14,16-20H2,(H,31,32). The third-order valence-corrected chi connectivity index (χ3v) is 7.16. The largest absolute Gasteiger partial charge is 0.379 e. The highest BCUT2D eigenvalue weighted by Gasteiger charge is 2.22. The topological polar surface area (TPSA) is 54.5 Å². The van der Waals surface area contributed by atoms with Crippen LogP contribution in [0, 0.1) is 0 Å². The number of ketones is 1. The van der Waals surface area contributed by atoms with Crippen LogP contribution in [0.3, 0.4) is 0 Å². The van der Waals surface area contributed by atoms with Gasteiger partial charge in [0.25, 0.3) is 0 Å². The molecule has 4 aromatic rings. The number of aryl methyl sites for hydroxylation is 1. The molecule has 6 rings (SSSR count). The number of nitrogens with zero attached hydrogens (tertiary/aromatic N) is 2. The van der Waals surface area contributed by atoms with Crippen LogP contribution in [0.15, 0.2) is 78.9 Å². The molecular weight excluding hydrogens is 434 g/mol. The summed E-state index contributed by atoms with van der Waals surface area (Å²) in [4.78, 5) is 20.6. The molecule has 1 aliphatic heterocycles. The molecule has 0 radical (unpaired) electrons. The number of ether oxygens (including phenoxy) is 1. The molecule has 1 fully saturated rings. The SMILES string of the molecule is O=C(c1ccc(CN2CCOCC2)cc1)c1cccc2nc(NC3CCc4ccccc43)ccc12. The molecule has 0 spiro atoms. The molecule has 1 aliphatic carbocycles. The highest BCUT2D eigenvalue weighted by molar-refractivity contribution is 6.16. The Bertz CT molecular complexity index is 1360. The van der Waals surface area contributed by atoms with Crippen molar-refractivity contribution in [3.63, 3.8) is 0 Å². The van der Waals surface area contributed by atoms with Crippen LogP contribution in [0.2, 0.25) is 0 Å². The minimum atomic E-state index is 0.0285. The predicted octanol–water partition coefficient (Wildman–Crippen LogP) is 5.40. The molecule has 5 nitrogen and oxygen atoms in total. The van der Waals surface area contributed by atoms with E-state index in [4.69, 9.17) is 9.72 Å². The molecule has 1 unspecified atom stereocenters. The average molecular weight is 464 g/mol. The fourth-order valence-corrected chi connectivity index (χ4v) is 5.25. The van der Waals surface area contributed by atoms with E-state index in [1.165, 1.54) is 16.7 Å². The lowest BCUT2D eigenvalue weighted by molar-refractivity contribution is 0.0342. The molecule has 2 aliphatic rings. The second-order valence-electron chi connectivity index (χ2n) is 9.42. The lowest BCUT2D eigenvalue weighted by atomic mass is 9.98. The second kappa shape index (κ2) is 9.61. The summed E-state index contributed by atoms with van der Waals surface area (Å²) >= 11 is 0. The number of anilines is 1. The number of nitrogens with one attached hydrogen (secondary N) is 1. The Hall–Kier alpha value is -3.54. The maximum atomic E-state index is 13.4. The van der Waals surface area contributed by atoms with Crippen LogP contribution in [0.1, 0.15) is 45.1 Å². The van der Waals surface area contributed by atoms with Crippen molar-refractivity contribution in [3.05, 3.63) is 107 Å². The summed E-state index contributed by atoms with van der Waals surface area (Å²) in [6.07, 6.45) is 2.16. The number of aromatic nitrogens is 1. The van der Waals surface area contributed by atoms with Crippen LogP contribution in [-0.2, 0) is 17.7 Å². The van der Waals surface area contributed by atoms with E-state index in [0.717, 1.165) is 62.4 Å². The summed E-state index contributed by atoms with van der Waals surface area (Å²) in [5.41, 5.74) is 6.20. The molecule has 1 atom stereocenters. The highest BCUT2D eigenvalue weighted by Crippen LogP contribution is 2.33. The van der Waals surface area contributed by atoms with Crippen molar-refractivity contribution in [1.82, 2.24) is 9.88 Å². The van der Waals surface area contributed by atoms with Crippen molar-refractivity contribution in [3.8, 4) is 0 Å². The van der Waals surface area contributed by atoms with E-state index in [1.54, 1.807) is 0 Å². The van der Waals surface area contributed by atoms with Gasteiger partial charge >= 0.3 is 0 Å². The minimum absolute atomic E-state index is 0.0285. The van der Waals surface area contributed by atoms with Gasteiger partial charge in [0.05, 0.1) is 24.8 Å². The lowest BCUT2D eigenvalue weighted by Gasteiger charge is -2.26. The average Bonchev–Trinajstić information content (AvgIpc) is 3.31. The van der Waals surface area contributed by atoms with E-state index >= 15 is 0 Å². The molecule has 35 heavy (non-hydrogen) atoms. The number of carbonyl (C=O) groups excluding carboxylic acids is 1. The van der Waals surface area contributed by atoms with Gasteiger partial charge < -0.3 is 10.1 Å². The number of morpholine rings is 1. The van der Waals surface area contributed by atoms with Gasteiger partial charge in [0.2, 0.25) is 0 Å². The van der Waals surface area contributed by atoms with E-state index < -0.39 is 0 Å². The lowest BCUT2D eigenvalue weighted by Crippen LogP contribution is -2.35. The molecule has 1 aromatic heterocycles. The van der Waals surface area contributed by atoms with Crippen molar-refractivity contribution >= 4 is 22.5 Å². The number of benzene rings is 3. The molecule has 176 valence electrons. The first-order chi connectivity index (χ1) is 17.2. The highest BCUT2D eigenvalue weighted by atomic mass is 16.5. The fourth-order valence-electron chi connectivity index (χ4n) is 5.25. The van der Waals surface area contributed by atoms with Gasteiger partial charge in [-0.2, -0.15) is 0 Å². The first-order valence-electron chi connectivity index (χ1n) is 12.4. The third-order valence-electron chi connectivity index (χ3n) is 7.16. The van der Waals surface area contributed by atoms with Gasteiger partial charge in [-0.05, 0) is 47.7 Å². The molecule has 0 saturated carbocycles. The van der Waals surface area contributed by atoms with E-state index in [2.05, 4.69) is 46.6 Å². The van der Waals surface area contributed by atoms with Gasteiger partial charge in [0, 0.05) is 36.1 Å². The van der Waals surface area contributed by atoms with Crippen LogP contribution in [-0.4, -0.2) is 42.0 Å². The number of hydrogen-bond acceptors (Lipinski definition) is 5. The Morgan fingerprint density at radius 3 is 2.63 bits per heavy atom. The Labute approximate surface area is 205 Å². The van der Waals surface area contributed by atoms with Crippen molar-refractivity contribution in [2.75, 3.05) is 31.6 Å². The molecule has 1 saturated heterocycles. The van der Waals surface area contributed by atoms with Crippen LogP contribution in [0.5, 0.6) is 0 Å². The quantitative estimate of drug-likeness (QED) is 0.388. The molecule has 1 N–H and O–H groups in total. The fraction of sp³-hybridized carbons (Fsp3) is 0.267. The van der Waals surface area contributed by atoms with E-state index in [0.29, 0.717) is 11.1 Å². The van der Waals surface area contributed by atoms with Gasteiger partial charge in [-0.1, -0.05) is 60.7 Å². The third kappa shape index (κ3) is 4.57. The smallest absolute Gasteiger partial charge is 0.193 e. The molecular formula is C30H29N3O2. The van der Waals surface area contributed by atoms with Crippen LogP contribution < -0.4 is 5.32 Å². The van der Waals surface area contributed by atoms with Gasteiger partial charge in [-0.3, -0.25) is 9.69 Å². The number of fused-ring (bicyclic) bond motifs is 2.